The summed E-state index contributed by atoms with van der Waals surface area (Å²) in [5.41, 5.74) is 6.11. The number of hydrogen-bond donors (Lipinski definition) is 2. The van der Waals surface area contributed by atoms with E-state index in [4.69, 9.17) is 20.6 Å². The molecule has 0 radical (unpaired) electrons. The Morgan fingerprint density at radius 2 is 2.21 bits per heavy atom. The molecule has 1 saturated heterocycles. The average Bonchev–Trinajstić information content (AvgIpc) is 2.93. The van der Waals surface area contributed by atoms with Crippen LogP contribution in [0, 0.1) is 5.41 Å². The molecule has 0 amide bonds. The maximum absolute atomic E-state index is 7.31. The van der Waals surface area contributed by atoms with Gasteiger partial charge in [-0.25, -0.2) is 0 Å². The van der Waals surface area contributed by atoms with Gasteiger partial charge in [0.15, 0.2) is 0 Å². The van der Waals surface area contributed by atoms with Gasteiger partial charge in [-0.05, 0) is 37.7 Å². The summed E-state index contributed by atoms with van der Waals surface area (Å²) in [6.45, 7) is 3.21. The molecule has 1 atom stereocenters. The van der Waals surface area contributed by atoms with Gasteiger partial charge in [-0.3, -0.25) is 10.3 Å². The Hall–Kier alpha value is -1.59. The minimum atomic E-state index is 0.0764. The molecule has 5 heteroatoms. The highest BCUT2D eigenvalue weighted by Gasteiger charge is 2.19. The summed E-state index contributed by atoms with van der Waals surface area (Å²) in [4.78, 5) is 2.27. The molecule has 1 fully saturated rings. The minimum absolute atomic E-state index is 0.0764. The van der Waals surface area contributed by atoms with Crippen molar-refractivity contribution in [2.45, 2.75) is 12.5 Å². The van der Waals surface area contributed by atoms with Gasteiger partial charge in [-0.1, -0.05) is 0 Å². The number of amidine groups is 1. The Balaban J connectivity index is 1.74. The summed E-state index contributed by atoms with van der Waals surface area (Å²) >= 11 is 0. The second-order valence-electron chi connectivity index (χ2n) is 4.78. The highest BCUT2D eigenvalue weighted by atomic mass is 16.5. The van der Waals surface area contributed by atoms with E-state index in [2.05, 4.69) is 11.9 Å². The summed E-state index contributed by atoms with van der Waals surface area (Å²) in [7, 11) is 2.10. The molecule has 0 saturated carbocycles. The van der Waals surface area contributed by atoms with Gasteiger partial charge < -0.3 is 15.2 Å². The van der Waals surface area contributed by atoms with Crippen LogP contribution in [0.15, 0.2) is 24.3 Å². The monoisotopic (exact) mass is 263 g/mol. The predicted octanol–water partition coefficient (Wildman–Crippen LogP) is 1.07. The van der Waals surface area contributed by atoms with Gasteiger partial charge in [-0.2, -0.15) is 0 Å². The molecule has 1 unspecified atom stereocenters. The molecule has 1 aliphatic heterocycles. The van der Waals surface area contributed by atoms with E-state index in [0.29, 0.717) is 18.2 Å². The average molecular weight is 263 g/mol. The van der Waals surface area contributed by atoms with E-state index in [1.165, 1.54) is 0 Å². The van der Waals surface area contributed by atoms with Gasteiger partial charge in [0.05, 0.1) is 6.61 Å². The van der Waals surface area contributed by atoms with Crippen LogP contribution in [0.1, 0.15) is 12.0 Å². The largest absolute Gasteiger partial charge is 0.492 e. The Bertz CT molecular complexity index is 413. The number of benzene rings is 1. The smallest absolute Gasteiger partial charge is 0.122 e. The standard InChI is InChI=1S/C14H21N3O2/c1-17(12-6-8-18-10-12)7-9-19-13-4-2-11(3-5-13)14(15)16/h2-5,12H,6-10H2,1H3,(H3,15,16). The number of hydrogen-bond acceptors (Lipinski definition) is 4. The van der Waals surface area contributed by atoms with Crippen molar-refractivity contribution in [1.29, 1.82) is 5.41 Å². The fraction of sp³-hybridized carbons (Fsp3) is 0.500. The van der Waals surface area contributed by atoms with Crippen LogP contribution in [0.3, 0.4) is 0 Å². The number of likely N-dealkylation sites (N-methyl/N-ethyl adjacent to an activating group) is 1. The SMILES string of the molecule is CN(CCOc1ccc(C(=N)N)cc1)C1CCOC1. The second-order valence-corrected chi connectivity index (χ2v) is 4.78. The lowest BCUT2D eigenvalue weighted by molar-refractivity contribution is 0.147. The first-order chi connectivity index (χ1) is 9.16. The molecule has 104 valence electrons. The highest BCUT2D eigenvalue weighted by Crippen LogP contribution is 2.13. The quantitative estimate of drug-likeness (QED) is 0.595. The summed E-state index contributed by atoms with van der Waals surface area (Å²) in [6.07, 6.45) is 1.10. The van der Waals surface area contributed by atoms with Gasteiger partial charge in [0.1, 0.15) is 18.2 Å². The molecular weight excluding hydrogens is 242 g/mol. The van der Waals surface area contributed by atoms with Crippen LogP contribution in [0.5, 0.6) is 5.75 Å². The van der Waals surface area contributed by atoms with E-state index >= 15 is 0 Å². The lowest BCUT2D eigenvalue weighted by Crippen LogP contribution is -2.35. The van der Waals surface area contributed by atoms with Gasteiger partial charge in [0.2, 0.25) is 0 Å². The number of nitrogens with zero attached hydrogens (tertiary/aromatic N) is 1. The molecule has 0 bridgehead atoms. The van der Waals surface area contributed by atoms with Gasteiger partial charge in [-0.15, -0.1) is 0 Å². The molecule has 1 aliphatic rings. The van der Waals surface area contributed by atoms with E-state index in [9.17, 15) is 0 Å². The number of nitrogens with one attached hydrogen (secondary N) is 1. The van der Waals surface area contributed by atoms with E-state index in [-0.39, 0.29) is 5.84 Å². The molecule has 0 spiro atoms. The van der Waals surface area contributed by atoms with Crippen LogP contribution in [-0.2, 0) is 4.74 Å². The molecular formula is C14H21N3O2. The van der Waals surface area contributed by atoms with Crippen molar-refractivity contribution in [3.63, 3.8) is 0 Å². The van der Waals surface area contributed by atoms with Crippen LogP contribution in [0.4, 0.5) is 0 Å². The van der Waals surface area contributed by atoms with Gasteiger partial charge in [0.25, 0.3) is 0 Å². The molecule has 0 aromatic heterocycles. The van der Waals surface area contributed by atoms with Crippen LogP contribution in [-0.4, -0.2) is 50.2 Å². The molecule has 3 N–H and O–H groups in total. The van der Waals surface area contributed by atoms with Crippen LogP contribution < -0.4 is 10.5 Å². The molecule has 2 rings (SSSR count). The first kappa shape index (κ1) is 13.8. The zero-order valence-corrected chi connectivity index (χ0v) is 11.3. The summed E-state index contributed by atoms with van der Waals surface area (Å²) in [5.74, 6) is 0.883. The minimum Gasteiger partial charge on any atom is -0.492 e. The lowest BCUT2D eigenvalue weighted by Gasteiger charge is -2.22. The fourth-order valence-corrected chi connectivity index (χ4v) is 2.09. The summed E-state index contributed by atoms with van der Waals surface area (Å²) in [5, 5.41) is 7.31. The lowest BCUT2D eigenvalue weighted by atomic mass is 10.2. The Morgan fingerprint density at radius 3 is 2.79 bits per heavy atom. The third-order valence-corrected chi connectivity index (χ3v) is 3.41. The Labute approximate surface area is 113 Å². The first-order valence-corrected chi connectivity index (χ1v) is 6.52. The normalized spacial score (nSPS) is 18.7. The number of ether oxygens (including phenoxy) is 2. The van der Waals surface area contributed by atoms with Crippen molar-refractivity contribution in [3.8, 4) is 5.75 Å². The van der Waals surface area contributed by atoms with Gasteiger partial charge >= 0.3 is 0 Å². The summed E-state index contributed by atoms with van der Waals surface area (Å²) < 4.78 is 11.0. The van der Waals surface area contributed by atoms with Crippen molar-refractivity contribution in [2.24, 2.45) is 5.73 Å². The van der Waals surface area contributed by atoms with Crippen molar-refractivity contribution in [3.05, 3.63) is 29.8 Å². The summed E-state index contributed by atoms with van der Waals surface area (Å²) in [6, 6.07) is 7.80. The van der Waals surface area contributed by atoms with Crippen LogP contribution in [0.25, 0.3) is 0 Å². The number of rotatable bonds is 6. The van der Waals surface area contributed by atoms with Crippen molar-refractivity contribution < 1.29 is 9.47 Å². The number of nitrogen functional groups attached to an aromatic ring is 1. The van der Waals surface area contributed by atoms with Crippen LogP contribution >= 0.6 is 0 Å². The highest BCUT2D eigenvalue weighted by molar-refractivity contribution is 5.94. The van der Waals surface area contributed by atoms with Crippen molar-refractivity contribution >= 4 is 5.84 Å². The molecule has 1 aromatic carbocycles. The molecule has 19 heavy (non-hydrogen) atoms. The Kier molecular flexibility index (Phi) is 4.76. The van der Waals surface area contributed by atoms with Crippen molar-refractivity contribution in [1.82, 2.24) is 4.90 Å². The maximum Gasteiger partial charge on any atom is 0.122 e. The third kappa shape index (κ3) is 3.94. The fourth-order valence-electron chi connectivity index (χ4n) is 2.09. The van der Waals surface area contributed by atoms with E-state index < -0.39 is 0 Å². The molecule has 1 aromatic rings. The first-order valence-electron chi connectivity index (χ1n) is 6.52. The van der Waals surface area contributed by atoms with Crippen LogP contribution in [0.2, 0.25) is 0 Å². The van der Waals surface area contributed by atoms with E-state index in [0.717, 1.165) is 31.9 Å². The van der Waals surface area contributed by atoms with Crippen molar-refractivity contribution in [2.75, 3.05) is 33.4 Å². The zero-order valence-electron chi connectivity index (χ0n) is 11.3. The Morgan fingerprint density at radius 1 is 1.47 bits per heavy atom. The maximum atomic E-state index is 7.31. The van der Waals surface area contributed by atoms with E-state index in [1.54, 1.807) is 12.1 Å². The predicted molar refractivity (Wildman–Crippen MR) is 74.8 cm³/mol. The molecule has 0 aliphatic carbocycles. The third-order valence-electron chi connectivity index (χ3n) is 3.41. The number of nitrogens with two attached hydrogens (primary N) is 1. The van der Waals surface area contributed by atoms with Gasteiger partial charge in [0, 0.05) is 24.8 Å². The molecule has 1 heterocycles. The molecule has 5 nitrogen and oxygen atoms in total. The topological polar surface area (TPSA) is 71.6 Å². The zero-order chi connectivity index (χ0) is 13.7. The van der Waals surface area contributed by atoms with E-state index in [1.807, 2.05) is 12.1 Å². The second kappa shape index (κ2) is 6.54.